The Morgan fingerprint density at radius 2 is 1.64 bits per heavy atom. The normalized spacial score (nSPS) is 12.1. The molecule has 0 aliphatic rings. The second kappa shape index (κ2) is 13.3. The first kappa shape index (κ1) is 30.5. The third kappa shape index (κ3) is 7.53. The van der Waals surface area contributed by atoms with Gasteiger partial charge in [0, 0.05) is 23.1 Å². The van der Waals surface area contributed by atoms with Crippen LogP contribution in [0.3, 0.4) is 0 Å². The average molecular weight is 591 g/mol. The van der Waals surface area contributed by atoms with Crippen LogP contribution >= 0.6 is 23.2 Å². The molecule has 7 nitrogen and oxygen atoms in total. The standard InChI is InChI=1S/C29H33Cl2N3O4S/c1-5-15-32-29(36)22(4)33(18-23-12-13-24(30)17-27(23)31)28(35)19-34(25-14-11-20(2)21(3)16-25)39(37,38)26-9-7-6-8-10-26/h6-14,16-17,22H,5,15,18-19H2,1-4H3,(H,32,36). The highest BCUT2D eigenvalue weighted by atomic mass is 35.5. The van der Waals surface area contributed by atoms with Crippen LogP contribution in [0, 0.1) is 13.8 Å². The SMILES string of the molecule is CCCNC(=O)C(C)N(Cc1ccc(Cl)cc1Cl)C(=O)CN(c1ccc(C)c(C)c1)S(=O)(=O)c1ccccc1. The van der Waals surface area contributed by atoms with E-state index in [1.807, 2.05) is 26.8 Å². The van der Waals surface area contributed by atoms with Crippen molar-refractivity contribution in [3.8, 4) is 0 Å². The minimum Gasteiger partial charge on any atom is -0.354 e. The Hall–Kier alpha value is -3.07. The molecule has 10 heteroatoms. The van der Waals surface area contributed by atoms with Gasteiger partial charge in [0.25, 0.3) is 10.0 Å². The molecule has 1 atom stereocenters. The fourth-order valence-electron chi connectivity index (χ4n) is 3.94. The van der Waals surface area contributed by atoms with E-state index in [4.69, 9.17) is 23.2 Å². The number of halogens is 2. The zero-order valence-electron chi connectivity index (χ0n) is 22.4. The van der Waals surface area contributed by atoms with Crippen molar-refractivity contribution in [3.05, 3.63) is 93.5 Å². The molecule has 208 valence electrons. The molecular formula is C29H33Cl2N3O4S. The zero-order chi connectivity index (χ0) is 28.7. The molecule has 0 heterocycles. The zero-order valence-corrected chi connectivity index (χ0v) is 24.8. The summed E-state index contributed by atoms with van der Waals surface area (Å²) in [4.78, 5) is 28.3. The van der Waals surface area contributed by atoms with E-state index in [9.17, 15) is 18.0 Å². The highest BCUT2D eigenvalue weighted by molar-refractivity contribution is 7.92. The van der Waals surface area contributed by atoms with Crippen LogP contribution in [0.25, 0.3) is 0 Å². The van der Waals surface area contributed by atoms with Gasteiger partial charge in [-0.05, 0) is 80.3 Å². The topological polar surface area (TPSA) is 86.8 Å². The summed E-state index contributed by atoms with van der Waals surface area (Å²) in [5, 5.41) is 3.59. The van der Waals surface area contributed by atoms with Crippen molar-refractivity contribution < 1.29 is 18.0 Å². The van der Waals surface area contributed by atoms with E-state index < -0.39 is 28.5 Å². The molecule has 0 aromatic heterocycles. The van der Waals surface area contributed by atoms with E-state index in [2.05, 4.69) is 5.32 Å². The summed E-state index contributed by atoms with van der Waals surface area (Å²) in [5.41, 5.74) is 2.80. The first-order valence-electron chi connectivity index (χ1n) is 12.6. The van der Waals surface area contributed by atoms with Crippen molar-refractivity contribution >= 4 is 50.7 Å². The summed E-state index contributed by atoms with van der Waals surface area (Å²) in [7, 11) is -4.12. The molecule has 2 amide bonds. The lowest BCUT2D eigenvalue weighted by Crippen LogP contribution is -2.51. The Morgan fingerprint density at radius 3 is 2.26 bits per heavy atom. The summed E-state index contributed by atoms with van der Waals surface area (Å²) < 4.78 is 28.7. The van der Waals surface area contributed by atoms with Crippen LogP contribution in [0.15, 0.2) is 71.6 Å². The van der Waals surface area contributed by atoms with Gasteiger partial charge in [-0.1, -0.05) is 60.5 Å². The van der Waals surface area contributed by atoms with Crippen molar-refractivity contribution in [2.75, 3.05) is 17.4 Å². The molecule has 3 rings (SSSR count). The van der Waals surface area contributed by atoms with Gasteiger partial charge in [-0.2, -0.15) is 0 Å². The van der Waals surface area contributed by atoms with E-state index in [1.54, 1.807) is 55.5 Å². The van der Waals surface area contributed by atoms with Crippen molar-refractivity contribution in [2.45, 2.75) is 51.6 Å². The van der Waals surface area contributed by atoms with E-state index >= 15 is 0 Å². The van der Waals surface area contributed by atoms with Gasteiger partial charge in [0.05, 0.1) is 10.6 Å². The first-order valence-corrected chi connectivity index (χ1v) is 14.8. The second-order valence-corrected chi connectivity index (χ2v) is 12.0. The van der Waals surface area contributed by atoms with Crippen LogP contribution in [-0.2, 0) is 26.2 Å². The molecule has 0 aliphatic heterocycles. The molecule has 0 radical (unpaired) electrons. The second-order valence-electron chi connectivity index (χ2n) is 9.32. The minimum absolute atomic E-state index is 0.0122. The van der Waals surface area contributed by atoms with Gasteiger partial charge in [0.1, 0.15) is 12.6 Å². The van der Waals surface area contributed by atoms with Gasteiger partial charge in [-0.15, -0.1) is 0 Å². The third-order valence-electron chi connectivity index (χ3n) is 6.46. The highest BCUT2D eigenvalue weighted by Crippen LogP contribution is 2.27. The molecule has 0 saturated carbocycles. The quantitative estimate of drug-likeness (QED) is 0.308. The molecular weight excluding hydrogens is 557 g/mol. The van der Waals surface area contributed by atoms with Crippen molar-refractivity contribution in [3.63, 3.8) is 0 Å². The van der Waals surface area contributed by atoms with Crippen LogP contribution in [0.5, 0.6) is 0 Å². The van der Waals surface area contributed by atoms with E-state index in [-0.39, 0.29) is 17.3 Å². The van der Waals surface area contributed by atoms with E-state index in [0.29, 0.717) is 27.8 Å². The van der Waals surface area contributed by atoms with Gasteiger partial charge in [-0.25, -0.2) is 8.42 Å². The van der Waals surface area contributed by atoms with Gasteiger partial charge in [-0.3, -0.25) is 13.9 Å². The molecule has 0 fully saturated rings. The lowest BCUT2D eigenvalue weighted by Gasteiger charge is -2.32. The van der Waals surface area contributed by atoms with Crippen LogP contribution in [0.2, 0.25) is 10.0 Å². The summed E-state index contributed by atoms with van der Waals surface area (Å²) in [6, 6.07) is 17.2. The van der Waals surface area contributed by atoms with Gasteiger partial charge in [0.15, 0.2) is 0 Å². The Morgan fingerprint density at radius 1 is 0.949 bits per heavy atom. The maximum Gasteiger partial charge on any atom is 0.264 e. The Labute approximate surface area is 240 Å². The number of carbonyl (C=O) groups is 2. The summed E-state index contributed by atoms with van der Waals surface area (Å²) in [6.45, 7) is 7.26. The molecule has 0 spiro atoms. The number of sulfonamides is 1. The number of anilines is 1. The number of amides is 2. The van der Waals surface area contributed by atoms with Crippen LogP contribution in [0.4, 0.5) is 5.69 Å². The molecule has 0 aliphatic carbocycles. The first-order chi connectivity index (χ1) is 18.4. The van der Waals surface area contributed by atoms with Crippen molar-refractivity contribution in [1.82, 2.24) is 10.2 Å². The van der Waals surface area contributed by atoms with Crippen LogP contribution in [-0.4, -0.2) is 44.3 Å². The van der Waals surface area contributed by atoms with Crippen LogP contribution in [0.1, 0.15) is 37.0 Å². The molecule has 1 N–H and O–H groups in total. The van der Waals surface area contributed by atoms with Gasteiger partial charge in [0.2, 0.25) is 11.8 Å². The smallest absolute Gasteiger partial charge is 0.264 e. The monoisotopic (exact) mass is 589 g/mol. The van der Waals surface area contributed by atoms with Crippen LogP contribution < -0.4 is 9.62 Å². The Kier molecular flexibility index (Phi) is 10.4. The number of carbonyl (C=O) groups excluding carboxylic acids is 2. The largest absolute Gasteiger partial charge is 0.354 e. The molecule has 39 heavy (non-hydrogen) atoms. The van der Waals surface area contributed by atoms with E-state index in [1.165, 1.54) is 17.0 Å². The molecule has 0 saturated heterocycles. The lowest BCUT2D eigenvalue weighted by atomic mass is 10.1. The molecule has 1 unspecified atom stereocenters. The van der Waals surface area contributed by atoms with Gasteiger partial charge >= 0.3 is 0 Å². The van der Waals surface area contributed by atoms with Crippen molar-refractivity contribution in [2.24, 2.45) is 0 Å². The molecule has 0 bridgehead atoms. The number of benzene rings is 3. The predicted molar refractivity (Wildman–Crippen MR) is 157 cm³/mol. The number of aryl methyl sites for hydroxylation is 2. The lowest BCUT2D eigenvalue weighted by molar-refractivity contribution is -0.139. The van der Waals surface area contributed by atoms with Gasteiger partial charge < -0.3 is 10.2 Å². The summed E-state index contributed by atoms with van der Waals surface area (Å²) >= 11 is 12.5. The fourth-order valence-corrected chi connectivity index (χ4v) is 5.84. The Balaban J connectivity index is 2.05. The third-order valence-corrected chi connectivity index (χ3v) is 8.84. The minimum atomic E-state index is -4.12. The summed E-state index contributed by atoms with van der Waals surface area (Å²) in [6.07, 6.45) is 0.727. The maximum absolute atomic E-state index is 13.9. The van der Waals surface area contributed by atoms with E-state index in [0.717, 1.165) is 21.9 Å². The number of hydrogen-bond acceptors (Lipinski definition) is 4. The fraction of sp³-hybridized carbons (Fsp3) is 0.310. The number of rotatable bonds is 11. The number of nitrogens with one attached hydrogen (secondary N) is 1. The highest BCUT2D eigenvalue weighted by Gasteiger charge is 2.32. The molecule has 3 aromatic carbocycles. The van der Waals surface area contributed by atoms with Crippen molar-refractivity contribution in [1.29, 1.82) is 0 Å². The number of nitrogens with zero attached hydrogens (tertiary/aromatic N) is 2. The Bertz CT molecular complexity index is 1430. The molecule has 3 aromatic rings. The predicted octanol–water partition coefficient (Wildman–Crippen LogP) is 5.75. The number of hydrogen-bond donors (Lipinski definition) is 1. The maximum atomic E-state index is 13.9. The summed E-state index contributed by atoms with van der Waals surface area (Å²) in [5.74, 6) is -0.906. The average Bonchev–Trinajstić information content (AvgIpc) is 2.91.